The highest BCUT2D eigenvalue weighted by molar-refractivity contribution is 7.27. The molecule has 0 spiro atoms. The van der Waals surface area contributed by atoms with Crippen molar-refractivity contribution in [2.45, 2.75) is 44.9 Å². The average Bonchev–Trinajstić information content (AvgIpc) is 3.30. The van der Waals surface area contributed by atoms with Gasteiger partial charge in [-0.05, 0) is 37.4 Å². The van der Waals surface area contributed by atoms with E-state index in [4.69, 9.17) is 16.0 Å². The highest BCUT2D eigenvalue weighted by Gasteiger charge is 2.16. The van der Waals surface area contributed by atoms with Crippen LogP contribution in [-0.2, 0) is 16.0 Å². The maximum absolute atomic E-state index is 12.1. The number of benzene rings is 1. The van der Waals surface area contributed by atoms with Gasteiger partial charge in [-0.3, -0.25) is 14.6 Å². The fraction of sp³-hybridized carbons (Fsp3) is 0.375. The van der Waals surface area contributed by atoms with E-state index >= 15 is 0 Å². The van der Waals surface area contributed by atoms with Gasteiger partial charge >= 0.3 is 0 Å². The topological polar surface area (TPSA) is 149 Å². The van der Waals surface area contributed by atoms with Gasteiger partial charge in [-0.2, -0.15) is 4.98 Å². The van der Waals surface area contributed by atoms with E-state index in [1.54, 1.807) is 6.08 Å². The minimum atomic E-state index is -0.489. The van der Waals surface area contributed by atoms with Gasteiger partial charge in [0.15, 0.2) is 0 Å². The Morgan fingerprint density at radius 3 is 2.53 bits per heavy atom. The Morgan fingerprint density at radius 2 is 1.79 bits per heavy atom. The van der Waals surface area contributed by atoms with Crippen molar-refractivity contribution in [3.63, 3.8) is 0 Å². The standard InChI is InChI=1S/C24H31N6O3P/c25-22(18-6-1-2-7-19(18)23(26)32)28-15-4-3-14-27-20(31)8-5-9-21-29-24(30-33-21)16-10-12-17(34)13-11-16/h6-7,10-13H,1-5,8-9,14-15,34H2,(H2,25,28)(H2,26,32)(H,27,31). The van der Waals surface area contributed by atoms with E-state index in [1.165, 1.54) is 0 Å². The highest BCUT2D eigenvalue weighted by atomic mass is 31.0. The molecule has 0 aliphatic heterocycles. The van der Waals surface area contributed by atoms with Crippen molar-refractivity contribution < 1.29 is 14.1 Å². The van der Waals surface area contributed by atoms with Crippen molar-refractivity contribution in [2.24, 2.45) is 16.5 Å². The first-order valence-electron chi connectivity index (χ1n) is 11.4. The third kappa shape index (κ3) is 7.63. The third-order valence-corrected chi connectivity index (χ3v) is 5.70. The Balaban J connectivity index is 1.29. The molecule has 9 nitrogen and oxygen atoms in total. The summed E-state index contributed by atoms with van der Waals surface area (Å²) in [6.45, 7) is 1.09. The normalized spacial score (nSPS) is 13.9. The number of amides is 2. The van der Waals surface area contributed by atoms with Crippen LogP contribution < -0.4 is 22.1 Å². The molecule has 1 atom stereocenters. The van der Waals surface area contributed by atoms with Crippen molar-refractivity contribution in [3.8, 4) is 11.4 Å². The molecule has 2 aromatic rings. The number of nitrogens with zero attached hydrogens (tertiary/aromatic N) is 3. The quantitative estimate of drug-likeness (QED) is 0.182. The Kier molecular flexibility index (Phi) is 9.52. The van der Waals surface area contributed by atoms with Crippen molar-refractivity contribution >= 4 is 32.2 Å². The molecule has 1 aromatic heterocycles. The van der Waals surface area contributed by atoms with Crippen LogP contribution in [0.25, 0.3) is 11.4 Å². The molecule has 5 N–H and O–H groups in total. The molecule has 0 bridgehead atoms. The number of carbonyl (C=O) groups is 2. The molecule has 1 aliphatic rings. The van der Waals surface area contributed by atoms with Gasteiger partial charge in [0.1, 0.15) is 5.84 Å². The van der Waals surface area contributed by atoms with Crippen LogP contribution in [0, 0.1) is 0 Å². The maximum atomic E-state index is 12.1. The minimum Gasteiger partial charge on any atom is -0.383 e. The molecule has 34 heavy (non-hydrogen) atoms. The molecule has 1 heterocycles. The predicted octanol–water partition coefficient (Wildman–Crippen LogP) is 1.95. The summed E-state index contributed by atoms with van der Waals surface area (Å²) in [6.07, 6.45) is 8.41. The molecule has 1 unspecified atom stereocenters. The lowest BCUT2D eigenvalue weighted by Gasteiger charge is -2.13. The first-order valence-corrected chi connectivity index (χ1v) is 12.0. The van der Waals surface area contributed by atoms with Gasteiger partial charge in [-0.1, -0.05) is 41.6 Å². The predicted molar refractivity (Wildman–Crippen MR) is 135 cm³/mol. The van der Waals surface area contributed by atoms with Crippen molar-refractivity contribution in [1.29, 1.82) is 0 Å². The van der Waals surface area contributed by atoms with Gasteiger partial charge in [0.05, 0.1) is 0 Å². The molecular formula is C24H31N6O3P. The molecule has 3 rings (SSSR count). The molecule has 0 radical (unpaired) electrons. The smallest absolute Gasteiger partial charge is 0.249 e. The van der Waals surface area contributed by atoms with Crippen LogP contribution in [0.1, 0.15) is 44.4 Å². The van der Waals surface area contributed by atoms with E-state index in [9.17, 15) is 9.59 Å². The number of rotatable bonds is 12. The number of primary amides is 1. The second-order valence-electron chi connectivity index (χ2n) is 7.99. The molecule has 0 saturated carbocycles. The largest absolute Gasteiger partial charge is 0.383 e. The van der Waals surface area contributed by atoms with E-state index in [0.717, 1.165) is 36.6 Å². The van der Waals surface area contributed by atoms with E-state index in [0.29, 0.717) is 61.0 Å². The summed E-state index contributed by atoms with van der Waals surface area (Å²) in [6, 6.07) is 7.81. The number of carbonyl (C=O) groups excluding carboxylic acids is 2. The number of hydrogen-bond acceptors (Lipinski definition) is 6. The third-order valence-electron chi connectivity index (χ3n) is 5.32. The zero-order valence-corrected chi connectivity index (χ0v) is 20.3. The van der Waals surface area contributed by atoms with Gasteiger partial charge in [-0.15, -0.1) is 9.24 Å². The summed E-state index contributed by atoms with van der Waals surface area (Å²) >= 11 is 0. The summed E-state index contributed by atoms with van der Waals surface area (Å²) in [5, 5.41) is 8.00. The number of unbranched alkanes of at least 4 members (excludes halogenated alkanes) is 1. The van der Waals surface area contributed by atoms with Crippen LogP contribution in [-0.4, -0.2) is 40.9 Å². The van der Waals surface area contributed by atoms with E-state index < -0.39 is 5.91 Å². The molecule has 10 heteroatoms. The molecule has 2 amide bonds. The summed E-state index contributed by atoms with van der Waals surface area (Å²) in [4.78, 5) is 32.3. The molecular weight excluding hydrogens is 451 g/mol. The summed E-state index contributed by atoms with van der Waals surface area (Å²) in [5.41, 5.74) is 13.4. The Bertz CT molecular complexity index is 1090. The van der Waals surface area contributed by atoms with Gasteiger partial charge in [0.2, 0.25) is 23.5 Å². The van der Waals surface area contributed by atoms with E-state index in [-0.39, 0.29) is 5.91 Å². The molecule has 0 saturated heterocycles. The van der Waals surface area contributed by atoms with Crippen molar-refractivity contribution in [2.75, 3.05) is 13.1 Å². The number of amidine groups is 1. The van der Waals surface area contributed by atoms with Crippen LogP contribution in [0.15, 0.2) is 57.1 Å². The molecule has 180 valence electrons. The number of aromatic nitrogens is 2. The SMILES string of the molecule is NC(=O)C1=CCCC=C1C(N)=NCCCCNC(=O)CCCc1nc(-c2ccc(P)cc2)no1. The molecule has 1 aliphatic carbocycles. The Hall–Kier alpha value is -3.32. The van der Waals surface area contributed by atoms with Crippen LogP contribution >= 0.6 is 9.24 Å². The van der Waals surface area contributed by atoms with Gasteiger partial charge in [0, 0.05) is 42.6 Å². The number of hydrogen-bond donors (Lipinski definition) is 3. The van der Waals surface area contributed by atoms with E-state index in [1.807, 2.05) is 30.3 Å². The number of nitrogens with two attached hydrogens (primary N) is 2. The number of aliphatic imine (C=N–C) groups is 1. The zero-order valence-electron chi connectivity index (χ0n) is 19.1. The summed E-state index contributed by atoms with van der Waals surface area (Å²) in [5.74, 6) is 0.906. The van der Waals surface area contributed by atoms with Crippen LogP contribution in [0.4, 0.5) is 0 Å². The number of aryl methyl sites for hydroxylation is 1. The second kappa shape index (κ2) is 12.8. The van der Waals surface area contributed by atoms with Crippen LogP contribution in [0.3, 0.4) is 0 Å². The molecule has 0 fully saturated rings. The zero-order chi connectivity index (χ0) is 24.3. The number of allylic oxidation sites excluding steroid dienone is 2. The fourth-order valence-corrected chi connectivity index (χ4v) is 3.69. The highest BCUT2D eigenvalue weighted by Crippen LogP contribution is 2.19. The first kappa shape index (κ1) is 25.3. The minimum absolute atomic E-state index is 0.0117. The van der Waals surface area contributed by atoms with E-state index in [2.05, 4.69) is 29.7 Å². The van der Waals surface area contributed by atoms with Crippen molar-refractivity contribution in [3.05, 3.63) is 53.5 Å². The Morgan fingerprint density at radius 1 is 1.06 bits per heavy atom. The lowest BCUT2D eigenvalue weighted by Crippen LogP contribution is -2.26. The fourth-order valence-electron chi connectivity index (χ4n) is 3.49. The van der Waals surface area contributed by atoms with Gasteiger partial charge in [0.25, 0.3) is 0 Å². The lowest BCUT2D eigenvalue weighted by molar-refractivity contribution is -0.121. The second-order valence-corrected chi connectivity index (χ2v) is 8.66. The molecule has 1 aromatic carbocycles. The lowest BCUT2D eigenvalue weighted by atomic mass is 9.96. The van der Waals surface area contributed by atoms with Crippen molar-refractivity contribution in [1.82, 2.24) is 15.5 Å². The van der Waals surface area contributed by atoms with Crippen LogP contribution in [0.5, 0.6) is 0 Å². The maximum Gasteiger partial charge on any atom is 0.249 e. The Labute approximate surface area is 201 Å². The average molecular weight is 483 g/mol. The summed E-state index contributed by atoms with van der Waals surface area (Å²) in [7, 11) is 2.63. The van der Waals surface area contributed by atoms with Gasteiger partial charge < -0.3 is 21.3 Å². The first-order chi connectivity index (χ1) is 16.4. The van der Waals surface area contributed by atoms with Gasteiger partial charge in [-0.25, -0.2) is 0 Å². The summed E-state index contributed by atoms with van der Waals surface area (Å²) < 4.78 is 5.29. The number of nitrogens with one attached hydrogen (secondary N) is 1. The van der Waals surface area contributed by atoms with Crippen LogP contribution in [0.2, 0.25) is 0 Å². The monoisotopic (exact) mass is 482 g/mol.